The van der Waals surface area contributed by atoms with E-state index in [0.29, 0.717) is 6.42 Å². The van der Waals surface area contributed by atoms with Gasteiger partial charge in [0, 0.05) is 36.1 Å². The number of rotatable bonds is 3. The minimum atomic E-state index is -0.367. The third kappa shape index (κ3) is 3.23. The van der Waals surface area contributed by atoms with Crippen molar-refractivity contribution in [3.05, 3.63) is 63.2 Å². The molecule has 6 heteroatoms. The van der Waals surface area contributed by atoms with E-state index in [2.05, 4.69) is 10.2 Å². The third-order valence-electron chi connectivity index (χ3n) is 6.10. The van der Waals surface area contributed by atoms with E-state index < -0.39 is 0 Å². The summed E-state index contributed by atoms with van der Waals surface area (Å²) in [6, 6.07) is 11.2. The van der Waals surface area contributed by atoms with Crippen LogP contribution in [0.15, 0.2) is 36.4 Å². The molecule has 2 atom stereocenters. The van der Waals surface area contributed by atoms with Crippen molar-refractivity contribution in [1.29, 1.82) is 0 Å². The summed E-state index contributed by atoms with van der Waals surface area (Å²) in [6.45, 7) is 4.88. The number of nitro groups is 1. The topological polar surface area (TPSA) is 75.5 Å². The fraction of sp³-hybridized carbons (Fsp3) is 0.409. The van der Waals surface area contributed by atoms with Crippen molar-refractivity contribution in [2.24, 2.45) is 5.92 Å². The number of para-hydroxylation sites is 1. The Labute approximate surface area is 164 Å². The van der Waals surface area contributed by atoms with Crippen LogP contribution in [-0.2, 0) is 11.2 Å². The zero-order valence-electron chi connectivity index (χ0n) is 16.3. The van der Waals surface area contributed by atoms with Crippen molar-refractivity contribution >= 4 is 23.0 Å². The predicted molar refractivity (Wildman–Crippen MR) is 110 cm³/mol. The average molecular weight is 379 g/mol. The van der Waals surface area contributed by atoms with Crippen LogP contribution in [0.25, 0.3) is 0 Å². The lowest BCUT2D eigenvalue weighted by Crippen LogP contribution is -2.52. The minimum Gasteiger partial charge on any atom is -0.368 e. The Balaban J connectivity index is 1.67. The van der Waals surface area contributed by atoms with Crippen molar-refractivity contribution in [1.82, 2.24) is 0 Å². The largest absolute Gasteiger partial charge is 0.368 e. The summed E-state index contributed by atoms with van der Waals surface area (Å²) in [4.78, 5) is 26.4. The molecule has 2 aliphatic rings. The number of hydrogen-bond acceptors (Lipinski definition) is 4. The molecule has 146 valence electrons. The third-order valence-corrected chi connectivity index (χ3v) is 6.10. The van der Waals surface area contributed by atoms with Gasteiger partial charge >= 0.3 is 0 Å². The molecule has 2 aliphatic heterocycles. The lowest BCUT2D eigenvalue weighted by Gasteiger charge is -2.46. The van der Waals surface area contributed by atoms with Crippen molar-refractivity contribution in [3.63, 3.8) is 0 Å². The molecule has 1 fully saturated rings. The van der Waals surface area contributed by atoms with Gasteiger partial charge in [-0.3, -0.25) is 14.9 Å². The van der Waals surface area contributed by atoms with E-state index >= 15 is 0 Å². The Hall–Kier alpha value is -2.89. The van der Waals surface area contributed by atoms with Gasteiger partial charge in [0.25, 0.3) is 5.69 Å². The Morgan fingerprint density at radius 2 is 1.93 bits per heavy atom. The fourth-order valence-corrected chi connectivity index (χ4v) is 4.67. The lowest BCUT2D eigenvalue weighted by atomic mass is 9.80. The standard InChI is InChI=1S/C22H25N3O3/c1-14-6-5-7-15(2)21(14)23-22(26)18-13-16-12-17(25(27)28)9-10-19(16)24-11-4-3-8-20(18)24/h5-7,9-10,12,18,20H,3-4,8,11,13H2,1-2H3,(H,23,26)/t18-,20+/m1/s1. The van der Waals surface area contributed by atoms with E-state index in [-0.39, 0.29) is 28.5 Å². The zero-order valence-corrected chi connectivity index (χ0v) is 16.3. The van der Waals surface area contributed by atoms with Crippen LogP contribution in [0, 0.1) is 29.9 Å². The van der Waals surface area contributed by atoms with Crippen molar-refractivity contribution in [2.45, 2.75) is 45.6 Å². The summed E-state index contributed by atoms with van der Waals surface area (Å²) in [5.74, 6) is -0.208. The number of amides is 1. The first kappa shape index (κ1) is 18.5. The van der Waals surface area contributed by atoms with Gasteiger partial charge in [0.15, 0.2) is 0 Å². The molecule has 0 radical (unpaired) electrons. The van der Waals surface area contributed by atoms with Crippen LogP contribution in [0.5, 0.6) is 0 Å². The summed E-state index contributed by atoms with van der Waals surface area (Å²) in [5, 5.41) is 14.4. The highest BCUT2D eigenvalue weighted by atomic mass is 16.6. The molecule has 2 heterocycles. The van der Waals surface area contributed by atoms with Crippen molar-refractivity contribution in [2.75, 3.05) is 16.8 Å². The Bertz CT molecular complexity index is 920. The van der Waals surface area contributed by atoms with E-state index in [4.69, 9.17) is 0 Å². The SMILES string of the molecule is Cc1cccc(C)c1NC(=O)[C@@H]1Cc2cc([N+](=O)[O-])ccc2N2CCCC[C@@H]12. The summed E-state index contributed by atoms with van der Waals surface area (Å²) < 4.78 is 0. The molecule has 0 saturated carbocycles. The fourth-order valence-electron chi connectivity index (χ4n) is 4.67. The van der Waals surface area contributed by atoms with E-state index in [1.54, 1.807) is 12.1 Å². The van der Waals surface area contributed by atoms with Crippen LogP contribution in [0.1, 0.15) is 36.0 Å². The Morgan fingerprint density at radius 3 is 2.64 bits per heavy atom. The first-order valence-corrected chi connectivity index (χ1v) is 9.87. The molecule has 0 bridgehead atoms. The second-order valence-electron chi connectivity index (χ2n) is 7.89. The van der Waals surface area contributed by atoms with Gasteiger partial charge in [0.05, 0.1) is 10.8 Å². The summed E-state index contributed by atoms with van der Waals surface area (Å²) in [7, 11) is 0. The number of fused-ring (bicyclic) bond motifs is 3. The van der Waals surface area contributed by atoms with Crippen molar-refractivity contribution < 1.29 is 9.72 Å². The number of carbonyl (C=O) groups is 1. The first-order chi connectivity index (χ1) is 13.5. The number of non-ortho nitro benzene ring substituents is 1. The van der Waals surface area contributed by atoms with Gasteiger partial charge < -0.3 is 10.2 Å². The van der Waals surface area contributed by atoms with Gasteiger partial charge in [0.2, 0.25) is 5.91 Å². The zero-order chi connectivity index (χ0) is 19.8. The summed E-state index contributed by atoms with van der Waals surface area (Å²) >= 11 is 0. The number of benzene rings is 2. The number of nitrogens with one attached hydrogen (secondary N) is 1. The summed E-state index contributed by atoms with van der Waals surface area (Å²) in [5.41, 5.74) is 4.99. The predicted octanol–water partition coefficient (Wildman–Crippen LogP) is 4.38. The molecule has 0 spiro atoms. The van der Waals surface area contributed by atoms with E-state index in [9.17, 15) is 14.9 Å². The highest BCUT2D eigenvalue weighted by Gasteiger charge is 2.40. The molecule has 6 nitrogen and oxygen atoms in total. The number of carbonyl (C=O) groups excluding carboxylic acids is 1. The number of anilines is 2. The summed E-state index contributed by atoms with van der Waals surface area (Å²) in [6.07, 6.45) is 3.70. The van der Waals surface area contributed by atoms with Crippen LogP contribution in [0.3, 0.4) is 0 Å². The lowest BCUT2D eigenvalue weighted by molar-refractivity contribution is -0.384. The number of nitro benzene ring substituents is 1. The monoisotopic (exact) mass is 379 g/mol. The van der Waals surface area contributed by atoms with Crippen LogP contribution < -0.4 is 10.2 Å². The molecule has 2 aromatic carbocycles. The molecule has 2 aromatic rings. The maximum Gasteiger partial charge on any atom is 0.269 e. The quantitative estimate of drug-likeness (QED) is 0.634. The minimum absolute atomic E-state index is 0.00598. The van der Waals surface area contributed by atoms with Gasteiger partial charge in [-0.25, -0.2) is 0 Å². The Morgan fingerprint density at radius 1 is 1.18 bits per heavy atom. The van der Waals surface area contributed by atoms with Gasteiger partial charge in [-0.15, -0.1) is 0 Å². The van der Waals surface area contributed by atoms with Gasteiger partial charge in [-0.05, 0) is 62.3 Å². The van der Waals surface area contributed by atoms with E-state index in [0.717, 1.165) is 53.9 Å². The van der Waals surface area contributed by atoms with Crippen LogP contribution in [0.2, 0.25) is 0 Å². The second kappa shape index (κ2) is 7.26. The number of hydrogen-bond donors (Lipinski definition) is 1. The molecule has 4 rings (SSSR count). The number of nitrogens with zero attached hydrogens (tertiary/aromatic N) is 2. The molecule has 0 aliphatic carbocycles. The maximum absolute atomic E-state index is 13.3. The number of piperidine rings is 1. The molecular formula is C22H25N3O3. The molecule has 1 amide bonds. The van der Waals surface area contributed by atoms with Gasteiger partial charge in [-0.2, -0.15) is 0 Å². The molecule has 1 N–H and O–H groups in total. The van der Waals surface area contributed by atoms with Crippen LogP contribution in [0.4, 0.5) is 17.1 Å². The molecule has 1 saturated heterocycles. The van der Waals surface area contributed by atoms with E-state index in [1.807, 2.05) is 38.1 Å². The maximum atomic E-state index is 13.3. The van der Waals surface area contributed by atoms with Crippen LogP contribution >= 0.6 is 0 Å². The smallest absolute Gasteiger partial charge is 0.269 e. The molecule has 0 unspecified atom stereocenters. The highest BCUT2D eigenvalue weighted by molar-refractivity contribution is 5.95. The first-order valence-electron chi connectivity index (χ1n) is 9.87. The normalized spacial score (nSPS) is 20.9. The van der Waals surface area contributed by atoms with Gasteiger partial charge in [-0.1, -0.05) is 18.2 Å². The molecular weight excluding hydrogens is 354 g/mol. The molecule has 28 heavy (non-hydrogen) atoms. The highest BCUT2D eigenvalue weighted by Crippen LogP contribution is 2.40. The Kier molecular flexibility index (Phi) is 4.79. The van der Waals surface area contributed by atoms with E-state index in [1.165, 1.54) is 0 Å². The molecule has 0 aromatic heterocycles. The second-order valence-corrected chi connectivity index (χ2v) is 7.89. The van der Waals surface area contributed by atoms with Crippen molar-refractivity contribution in [3.8, 4) is 0 Å². The van der Waals surface area contributed by atoms with Crippen LogP contribution in [-0.4, -0.2) is 23.4 Å². The average Bonchev–Trinajstić information content (AvgIpc) is 2.69. The number of aryl methyl sites for hydroxylation is 2. The van der Waals surface area contributed by atoms with Gasteiger partial charge in [0.1, 0.15) is 0 Å².